The number of amides is 1. The number of carbonyl (C=O) groups excluding carboxylic acids is 1. The van der Waals surface area contributed by atoms with E-state index in [1.807, 2.05) is 0 Å². The monoisotopic (exact) mass is 433 g/mol. The lowest BCUT2D eigenvalue weighted by molar-refractivity contribution is 0.0951. The minimum absolute atomic E-state index is 0.0364. The van der Waals surface area contributed by atoms with Gasteiger partial charge in [-0.3, -0.25) is 14.1 Å². The summed E-state index contributed by atoms with van der Waals surface area (Å²) in [6.45, 7) is 0.240. The second-order valence-electron chi connectivity index (χ2n) is 6.13. The molecule has 1 N–H and O–H groups in total. The molecule has 0 unspecified atom stereocenters. The molecule has 6 nitrogen and oxygen atoms in total. The SMILES string of the molecule is CN(c1ccc(F)cc1)S(=O)(=O)c1ccc(Cl)c(C(=O)NCc2ccncc2)c1. The minimum atomic E-state index is -3.98. The Morgan fingerprint density at radius 2 is 1.76 bits per heavy atom. The van der Waals surface area contributed by atoms with Gasteiger partial charge in [-0.15, -0.1) is 0 Å². The van der Waals surface area contributed by atoms with Gasteiger partial charge in [-0.2, -0.15) is 0 Å². The summed E-state index contributed by atoms with van der Waals surface area (Å²) in [4.78, 5) is 16.3. The third-order valence-electron chi connectivity index (χ3n) is 4.23. The van der Waals surface area contributed by atoms with Crippen LogP contribution in [0.4, 0.5) is 10.1 Å². The molecular formula is C20H17ClFN3O3S. The minimum Gasteiger partial charge on any atom is -0.348 e. The smallest absolute Gasteiger partial charge is 0.264 e. The zero-order valence-electron chi connectivity index (χ0n) is 15.3. The Bertz CT molecular complexity index is 1120. The fourth-order valence-corrected chi connectivity index (χ4v) is 3.99. The van der Waals surface area contributed by atoms with E-state index in [9.17, 15) is 17.6 Å². The van der Waals surface area contributed by atoms with Crippen LogP contribution in [0.25, 0.3) is 0 Å². The summed E-state index contributed by atoms with van der Waals surface area (Å²) in [5.41, 5.74) is 1.16. The fraction of sp³-hybridized carbons (Fsp3) is 0.100. The third kappa shape index (κ3) is 4.72. The lowest BCUT2D eigenvalue weighted by atomic mass is 10.2. The number of sulfonamides is 1. The van der Waals surface area contributed by atoms with Crippen LogP contribution >= 0.6 is 11.6 Å². The third-order valence-corrected chi connectivity index (χ3v) is 6.34. The molecule has 1 amide bonds. The molecule has 0 spiro atoms. The summed E-state index contributed by atoms with van der Waals surface area (Å²) in [6, 6.07) is 12.4. The van der Waals surface area contributed by atoms with Crippen molar-refractivity contribution >= 4 is 33.2 Å². The average Bonchev–Trinajstić information content (AvgIpc) is 2.73. The van der Waals surface area contributed by atoms with E-state index in [-0.39, 0.29) is 27.7 Å². The summed E-state index contributed by atoms with van der Waals surface area (Å²) in [6.07, 6.45) is 3.21. The summed E-state index contributed by atoms with van der Waals surface area (Å²) in [7, 11) is -2.63. The number of carbonyl (C=O) groups is 1. The van der Waals surface area contributed by atoms with Crippen molar-refractivity contribution in [3.8, 4) is 0 Å². The first-order valence-corrected chi connectivity index (χ1v) is 10.3. The highest BCUT2D eigenvalue weighted by Gasteiger charge is 2.23. The molecule has 2 aromatic carbocycles. The first-order valence-electron chi connectivity index (χ1n) is 8.50. The quantitative estimate of drug-likeness (QED) is 0.643. The van der Waals surface area contributed by atoms with E-state index in [0.717, 1.165) is 9.87 Å². The second kappa shape index (κ2) is 8.59. The van der Waals surface area contributed by atoms with Gasteiger partial charge in [-0.1, -0.05) is 11.6 Å². The zero-order valence-corrected chi connectivity index (χ0v) is 16.9. The molecule has 0 bridgehead atoms. The molecule has 150 valence electrons. The van der Waals surface area contributed by atoms with Crippen molar-refractivity contribution in [2.24, 2.45) is 0 Å². The number of anilines is 1. The highest BCUT2D eigenvalue weighted by Crippen LogP contribution is 2.26. The number of hydrogen-bond donors (Lipinski definition) is 1. The van der Waals surface area contributed by atoms with Gasteiger partial charge in [-0.05, 0) is 60.2 Å². The predicted molar refractivity (Wildman–Crippen MR) is 109 cm³/mol. The summed E-state index contributed by atoms with van der Waals surface area (Å²) >= 11 is 6.12. The normalized spacial score (nSPS) is 11.1. The maximum Gasteiger partial charge on any atom is 0.264 e. The van der Waals surface area contributed by atoms with Crippen molar-refractivity contribution < 1.29 is 17.6 Å². The molecule has 0 radical (unpaired) electrons. The van der Waals surface area contributed by atoms with Gasteiger partial charge in [-0.25, -0.2) is 12.8 Å². The van der Waals surface area contributed by atoms with Crippen LogP contribution in [0.1, 0.15) is 15.9 Å². The molecule has 29 heavy (non-hydrogen) atoms. The number of pyridine rings is 1. The van der Waals surface area contributed by atoms with Crippen molar-refractivity contribution in [1.82, 2.24) is 10.3 Å². The Morgan fingerprint density at radius 3 is 2.41 bits per heavy atom. The molecule has 3 rings (SSSR count). The summed E-state index contributed by atoms with van der Waals surface area (Å²) in [5.74, 6) is -0.979. The molecule has 9 heteroatoms. The average molecular weight is 434 g/mol. The van der Waals surface area contributed by atoms with E-state index in [2.05, 4.69) is 10.3 Å². The van der Waals surface area contributed by atoms with Gasteiger partial charge in [0.05, 0.1) is 21.2 Å². The van der Waals surface area contributed by atoms with E-state index < -0.39 is 21.7 Å². The van der Waals surface area contributed by atoms with Gasteiger partial charge in [0.25, 0.3) is 15.9 Å². The van der Waals surface area contributed by atoms with Crippen molar-refractivity contribution in [2.75, 3.05) is 11.4 Å². The largest absolute Gasteiger partial charge is 0.348 e. The van der Waals surface area contributed by atoms with Gasteiger partial charge in [0.2, 0.25) is 0 Å². The van der Waals surface area contributed by atoms with Crippen LogP contribution in [0.15, 0.2) is 71.9 Å². The molecule has 0 aliphatic carbocycles. The van der Waals surface area contributed by atoms with Crippen molar-refractivity contribution in [2.45, 2.75) is 11.4 Å². The van der Waals surface area contributed by atoms with Crippen molar-refractivity contribution in [3.05, 3.63) is 89.0 Å². The van der Waals surface area contributed by atoms with Crippen molar-refractivity contribution in [1.29, 1.82) is 0 Å². The van der Waals surface area contributed by atoms with E-state index >= 15 is 0 Å². The Labute approximate surface area is 173 Å². The molecule has 0 aliphatic rings. The van der Waals surface area contributed by atoms with E-state index in [1.54, 1.807) is 24.5 Å². The second-order valence-corrected chi connectivity index (χ2v) is 8.51. The van der Waals surface area contributed by atoms with Crippen LogP contribution in [-0.2, 0) is 16.6 Å². The Morgan fingerprint density at radius 1 is 1.10 bits per heavy atom. The molecule has 0 saturated carbocycles. The molecule has 0 aliphatic heterocycles. The molecular weight excluding hydrogens is 417 g/mol. The summed E-state index contributed by atoms with van der Waals surface area (Å²) in [5, 5.41) is 2.83. The van der Waals surface area contributed by atoms with Gasteiger partial charge < -0.3 is 5.32 Å². The molecule has 0 atom stereocenters. The molecule has 0 fully saturated rings. The molecule has 0 saturated heterocycles. The molecule has 1 aromatic heterocycles. The van der Waals surface area contributed by atoms with Gasteiger partial charge in [0.15, 0.2) is 0 Å². The van der Waals surface area contributed by atoms with Crippen LogP contribution in [0.5, 0.6) is 0 Å². The number of halogens is 2. The van der Waals surface area contributed by atoms with Gasteiger partial charge >= 0.3 is 0 Å². The van der Waals surface area contributed by atoms with E-state index in [4.69, 9.17) is 11.6 Å². The Kier molecular flexibility index (Phi) is 6.14. The standard InChI is InChI=1S/C20H17ClFN3O3S/c1-25(16-4-2-15(22)3-5-16)29(27,28)17-6-7-19(21)18(12-17)20(26)24-13-14-8-10-23-11-9-14/h2-12H,13H2,1H3,(H,24,26). The highest BCUT2D eigenvalue weighted by atomic mass is 35.5. The fourth-order valence-electron chi connectivity index (χ4n) is 2.56. The molecule has 1 heterocycles. The zero-order chi connectivity index (χ0) is 21.0. The van der Waals surface area contributed by atoms with Crippen LogP contribution in [0, 0.1) is 5.82 Å². The van der Waals surface area contributed by atoms with Gasteiger partial charge in [0.1, 0.15) is 5.82 Å². The molecule has 3 aromatic rings. The number of rotatable bonds is 6. The maximum absolute atomic E-state index is 13.1. The number of hydrogen-bond acceptors (Lipinski definition) is 4. The number of benzene rings is 2. The van der Waals surface area contributed by atoms with Crippen LogP contribution < -0.4 is 9.62 Å². The van der Waals surface area contributed by atoms with Crippen LogP contribution in [-0.4, -0.2) is 26.4 Å². The van der Waals surface area contributed by atoms with E-state index in [0.29, 0.717) is 0 Å². The summed E-state index contributed by atoms with van der Waals surface area (Å²) < 4.78 is 40.0. The van der Waals surface area contributed by atoms with E-state index in [1.165, 1.54) is 49.5 Å². The predicted octanol–water partition coefficient (Wildman–Crippen LogP) is 3.63. The van der Waals surface area contributed by atoms with Gasteiger partial charge in [0, 0.05) is 26.0 Å². The first-order chi connectivity index (χ1) is 13.8. The highest BCUT2D eigenvalue weighted by molar-refractivity contribution is 7.92. The Hall–Kier alpha value is -2.97. The topological polar surface area (TPSA) is 79.4 Å². The maximum atomic E-state index is 13.1. The van der Waals surface area contributed by atoms with Crippen LogP contribution in [0.2, 0.25) is 5.02 Å². The number of nitrogens with zero attached hydrogens (tertiary/aromatic N) is 2. The Balaban J connectivity index is 1.85. The number of nitrogens with one attached hydrogen (secondary N) is 1. The lowest BCUT2D eigenvalue weighted by Crippen LogP contribution is -2.27. The van der Waals surface area contributed by atoms with Crippen molar-refractivity contribution in [3.63, 3.8) is 0 Å². The first kappa shape index (κ1) is 20.8. The van der Waals surface area contributed by atoms with Crippen LogP contribution in [0.3, 0.4) is 0 Å². The number of aromatic nitrogens is 1. The lowest BCUT2D eigenvalue weighted by Gasteiger charge is -2.20.